The molecule has 1 aromatic rings. The van der Waals surface area contributed by atoms with Crippen LogP contribution in [-0.2, 0) is 15.0 Å². The molecule has 0 radical (unpaired) electrons. The van der Waals surface area contributed by atoms with Gasteiger partial charge in [-0.3, -0.25) is 14.8 Å². The number of nitrogen functional groups attached to an aromatic ring is 1. The Balaban J connectivity index is 2.45. The van der Waals surface area contributed by atoms with E-state index in [4.69, 9.17) is 5.73 Å². The van der Waals surface area contributed by atoms with E-state index in [-0.39, 0.29) is 11.5 Å². The fraction of sp³-hybridized carbons (Fsp3) is 0.385. The van der Waals surface area contributed by atoms with Crippen LogP contribution >= 0.6 is 0 Å². The minimum atomic E-state index is -0.823. The standard InChI is InChI=1S/C13H16N2O3/c1-2-13(9-3-5-10(14)6-4-9)8-7-11(16)15(18)12(13)17/h3-6,18H,2,7-8,14H2,1H3/t13-/m1/s1. The van der Waals surface area contributed by atoms with Gasteiger partial charge in [-0.1, -0.05) is 19.1 Å². The number of benzene rings is 1. The van der Waals surface area contributed by atoms with Crippen LogP contribution in [0.1, 0.15) is 31.7 Å². The molecule has 0 aromatic heterocycles. The van der Waals surface area contributed by atoms with Gasteiger partial charge in [0.1, 0.15) is 0 Å². The molecule has 1 aromatic carbocycles. The average Bonchev–Trinajstić information content (AvgIpc) is 2.38. The summed E-state index contributed by atoms with van der Waals surface area (Å²) in [5.74, 6) is -1.09. The lowest BCUT2D eigenvalue weighted by Gasteiger charge is -2.37. The molecule has 5 heteroatoms. The first-order chi connectivity index (χ1) is 8.51. The number of rotatable bonds is 2. The van der Waals surface area contributed by atoms with Crippen LogP contribution in [0.15, 0.2) is 24.3 Å². The second-order valence-corrected chi connectivity index (χ2v) is 4.57. The highest BCUT2D eigenvalue weighted by Gasteiger charge is 2.46. The van der Waals surface area contributed by atoms with Crippen molar-refractivity contribution in [2.75, 3.05) is 5.73 Å². The van der Waals surface area contributed by atoms with Crippen LogP contribution in [0, 0.1) is 0 Å². The fourth-order valence-corrected chi connectivity index (χ4v) is 2.45. The summed E-state index contributed by atoms with van der Waals surface area (Å²) in [6.45, 7) is 1.87. The zero-order valence-corrected chi connectivity index (χ0v) is 10.2. The first kappa shape index (κ1) is 12.6. The predicted octanol–water partition coefficient (Wildman–Crippen LogP) is 1.45. The Kier molecular flexibility index (Phi) is 3.09. The second kappa shape index (κ2) is 4.42. The maximum Gasteiger partial charge on any atom is 0.263 e. The summed E-state index contributed by atoms with van der Waals surface area (Å²) in [5, 5.41) is 9.79. The van der Waals surface area contributed by atoms with Crippen LogP contribution in [0.3, 0.4) is 0 Å². The number of anilines is 1. The summed E-state index contributed by atoms with van der Waals surface area (Å²) >= 11 is 0. The predicted molar refractivity (Wildman–Crippen MR) is 65.7 cm³/mol. The van der Waals surface area contributed by atoms with Crippen LogP contribution in [0.5, 0.6) is 0 Å². The zero-order chi connectivity index (χ0) is 13.3. The van der Waals surface area contributed by atoms with Crippen molar-refractivity contribution >= 4 is 17.5 Å². The van der Waals surface area contributed by atoms with Crippen molar-refractivity contribution in [1.82, 2.24) is 5.06 Å². The Morgan fingerprint density at radius 2 is 1.94 bits per heavy atom. The third kappa shape index (κ3) is 1.76. The molecule has 18 heavy (non-hydrogen) atoms. The summed E-state index contributed by atoms with van der Waals surface area (Å²) in [6, 6.07) is 7.00. The quantitative estimate of drug-likeness (QED) is 0.471. The number of nitrogens with zero attached hydrogens (tertiary/aromatic N) is 1. The highest BCUT2D eigenvalue weighted by atomic mass is 16.5. The smallest absolute Gasteiger partial charge is 0.263 e. The third-order valence-corrected chi connectivity index (χ3v) is 3.67. The molecular weight excluding hydrogens is 232 g/mol. The fourth-order valence-electron chi connectivity index (χ4n) is 2.45. The van der Waals surface area contributed by atoms with E-state index in [0.29, 0.717) is 18.5 Å². The summed E-state index contributed by atoms with van der Waals surface area (Å²) in [7, 11) is 0. The number of amides is 2. The molecule has 2 rings (SSSR count). The number of nitrogens with two attached hydrogens (primary N) is 1. The van der Waals surface area contributed by atoms with Crippen LogP contribution < -0.4 is 5.73 Å². The van der Waals surface area contributed by atoms with Crippen molar-refractivity contribution in [3.8, 4) is 0 Å². The van der Waals surface area contributed by atoms with Crippen LogP contribution in [0.4, 0.5) is 5.69 Å². The Bertz CT molecular complexity index is 484. The molecule has 0 unspecified atom stereocenters. The van der Waals surface area contributed by atoms with Gasteiger partial charge in [-0.05, 0) is 30.5 Å². The van der Waals surface area contributed by atoms with E-state index >= 15 is 0 Å². The molecule has 0 aliphatic carbocycles. The number of imide groups is 1. The molecule has 2 amide bonds. The number of hydrogen-bond donors (Lipinski definition) is 2. The lowest BCUT2D eigenvalue weighted by Crippen LogP contribution is -2.52. The molecule has 1 aliphatic heterocycles. The van der Waals surface area contributed by atoms with Gasteiger partial charge in [-0.2, -0.15) is 5.06 Å². The molecular formula is C13H16N2O3. The van der Waals surface area contributed by atoms with Gasteiger partial charge in [0.2, 0.25) is 0 Å². The lowest BCUT2D eigenvalue weighted by atomic mass is 9.71. The van der Waals surface area contributed by atoms with Crippen molar-refractivity contribution in [3.63, 3.8) is 0 Å². The first-order valence-corrected chi connectivity index (χ1v) is 5.93. The second-order valence-electron chi connectivity index (χ2n) is 4.57. The third-order valence-electron chi connectivity index (χ3n) is 3.67. The number of piperidine rings is 1. The Hall–Kier alpha value is -1.88. The minimum Gasteiger partial charge on any atom is -0.399 e. The van der Waals surface area contributed by atoms with Crippen LogP contribution in [0.25, 0.3) is 0 Å². The highest BCUT2D eigenvalue weighted by Crippen LogP contribution is 2.38. The summed E-state index contributed by atoms with van der Waals surface area (Å²) in [4.78, 5) is 23.5. The Morgan fingerprint density at radius 3 is 2.50 bits per heavy atom. The summed E-state index contributed by atoms with van der Waals surface area (Å²) in [5.41, 5.74) is 6.21. The molecule has 1 saturated heterocycles. The molecule has 0 saturated carbocycles. The molecule has 1 aliphatic rings. The van der Waals surface area contributed by atoms with Gasteiger partial charge in [0.05, 0.1) is 5.41 Å². The number of carbonyl (C=O) groups excluding carboxylic acids is 2. The van der Waals surface area contributed by atoms with Gasteiger partial charge in [0, 0.05) is 12.1 Å². The van der Waals surface area contributed by atoms with E-state index in [2.05, 4.69) is 0 Å². The SMILES string of the molecule is CC[C@]1(c2ccc(N)cc2)CCC(=O)N(O)C1=O. The molecule has 0 bridgehead atoms. The first-order valence-electron chi connectivity index (χ1n) is 5.93. The summed E-state index contributed by atoms with van der Waals surface area (Å²) < 4.78 is 0. The van der Waals surface area contributed by atoms with E-state index in [1.807, 2.05) is 6.92 Å². The topological polar surface area (TPSA) is 83.6 Å². The number of hydroxylamine groups is 2. The van der Waals surface area contributed by atoms with Crippen LogP contribution in [-0.4, -0.2) is 22.1 Å². The van der Waals surface area contributed by atoms with Crippen molar-refractivity contribution in [2.45, 2.75) is 31.6 Å². The average molecular weight is 248 g/mol. The maximum absolute atomic E-state index is 12.2. The van der Waals surface area contributed by atoms with E-state index in [1.165, 1.54) is 0 Å². The molecule has 0 spiro atoms. The largest absolute Gasteiger partial charge is 0.399 e. The molecule has 3 N–H and O–H groups in total. The monoisotopic (exact) mass is 248 g/mol. The van der Waals surface area contributed by atoms with Gasteiger partial charge in [0.25, 0.3) is 11.8 Å². The number of carbonyl (C=O) groups is 2. The van der Waals surface area contributed by atoms with E-state index in [9.17, 15) is 14.8 Å². The Labute approximate surface area is 105 Å². The molecule has 1 fully saturated rings. The van der Waals surface area contributed by atoms with E-state index in [0.717, 1.165) is 5.56 Å². The molecule has 5 nitrogen and oxygen atoms in total. The van der Waals surface area contributed by atoms with Crippen molar-refractivity contribution in [3.05, 3.63) is 29.8 Å². The Morgan fingerprint density at radius 1 is 1.33 bits per heavy atom. The zero-order valence-electron chi connectivity index (χ0n) is 10.2. The van der Waals surface area contributed by atoms with Crippen molar-refractivity contribution in [2.24, 2.45) is 0 Å². The van der Waals surface area contributed by atoms with Crippen molar-refractivity contribution in [1.29, 1.82) is 0 Å². The van der Waals surface area contributed by atoms with Gasteiger partial charge in [-0.15, -0.1) is 0 Å². The number of hydrogen-bond acceptors (Lipinski definition) is 4. The van der Waals surface area contributed by atoms with Gasteiger partial charge in [0.15, 0.2) is 0 Å². The van der Waals surface area contributed by atoms with Crippen molar-refractivity contribution < 1.29 is 14.8 Å². The maximum atomic E-state index is 12.2. The summed E-state index contributed by atoms with van der Waals surface area (Å²) in [6.07, 6.45) is 1.11. The highest BCUT2D eigenvalue weighted by molar-refractivity contribution is 6.02. The van der Waals surface area contributed by atoms with E-state index in [1.54, 1.807) is 24.3 Å². The van der Waals surface area contributed by atoms with Gasteiger partial charge >= 0.3 is 0 Å². The molecule has 1 heterocycles. The molecule has 1 atom stereocenters. The van der Waals surface area contributed by atoms with Gasteiger partial charge < -0.3 is 5.73 Å². The van der Waals surface area contributed by atoms with E-state index < -0.39 is 17.2 Å². The molecule has 96 valence electrons. The lowest BCUT2D eigenvalue weighted by molar-refractivity contribution is -0.189. The minimum absolute atomic E-state index is 0.167. The normalized spacial score (nSPS) is 24.4. The van der Waals surface area contributed by atoms with Gasteiger partial charge in [-0.25, -0.2) is 0 Å². The van der Waals surface area contributed by atoms with Crippen LogP contribution in [0.2, 0.25) is 0 Å².